The first-order valence-electron chi connectivity index (χ1n) is 31.3. The third-order valence-corrected chi connectivity index (χ3v) is 19.2. The van der Waals surface area contributed by atoms with E-state index in [1.54, 1.807) is 0 Å². The van der Waals surface area contributed by atoms with Crippen molar-refractivity contribution in [2.24, 2.45) is 0 Å². The topological polar surface area (TPSA) is 228 Å². The Bertz CT molecular complexity index is 3360. The zero-order valence-corrected chi connectivity index (χ0v) is 57.2. The van der Waals surface area contributed by atoms with Crippen LogP contribution in [0, 0.1) is 0 Å². The molecule has 0 saturated heterocycles. The van der Waals surface area contributed by atoms with E-state index in [1.807, 2.05) is 84.9 Å². The van der Waals surface area contributed by atoms with Gasteiger partial charge < -0.3 is 50.4 Å². The smallest absolute Gasteiger partial charge is 0.329 e. The molecule has 10 bridgehead atoms. The summed E-state index contributed by atoms with van der Waals surface area (Å²) in [6, 6.07) is 29.5. The zero-order valence-electron chi connectivity index (χ0n) is 55.6. The minimum Gasteiger partial charge on any atom is -0.507 e. The van der Waals surface area contributed by atoms with Gasteiger partial charge in [-0.2, -0.15) is 0 Å². The standard InChI is InChI=1S/C74H90N4O12S2/c1-71(2,3)53-31-45-27-49-35-55(73(7,8)9)37-51-29-47-33-54(72(4,5)6)34-48(64(47)82)30-52-38-56(74(10,11)12)36-50(28-46(32-53)63(45)81)66(52)90-40-62(80)76-58(26-44-23-19-16-20-24-44)68(84)78-60(70(86)88-14)42-92-91-41-59(69(85)87-13)77-67(83)57(25-43-21-17-15-18-22-43)75-61(79)39-89-65(49)51/h15-24,31-38,57-60,81-82H,25-30,39-42H2,1-14H3,(H,75,79)(H,76,80)(H,77,83)(H,78,84). The summed E-state index contributed by atoms with van der Waals surface area (Å²) in [5.74, 6) is -3.52. The zero-order chi connectivity index (χ0) is 67.0. The first-order chi connectivity index (χ1) is 43.3. The molecule has 4 atom stereocenters. The fourth-order valence-corrected chi connectivity index (χ4v) is 13.6. The number of methoxy groups -OCH3 is 2. The van der Waals surface area contributed by atoms with Gasteiger partial charge in [0.15, 0.2) is 13.2 Å². The maximum atomic E-state index is 14.7. The predicted molar refractivity (Wildman–Crippen MR) is 363 cm³/mol. The second-order valence-corrected chi connectivity index (χ2v) is 30.7. The van der Waals surface area contributed by atoms with Crippen molar-refractivity contribution in [3.05, 3.63) is 187 Å². The van der Waals surface area contributed by atoms with E-state index >= 15 is 0 Å². The second kappa shape index (κ2) is 29.3. The Morgan fingerprint density at radius 3 is 0.978 bits per heavy atom. The van der Waals surface area contributed by atoms with Gasteiger partial charge in [0.05, 0.1) is 14.2 Å². The third kappa shape index (κ3) is 18.0. The van der Waals surface area contributed by atoms with Crippen LogP contribution in [0.25, 0.3) is 0 Å². The maximum Gasteiger partial charge on any atom is 0.329 e. The molecule has 490 valence electrons. The fraction of sp³-hybridized carbons (Fsp3) is 0.432. The Hall–Kier alpha value is -7.96. The summed E-state index contributed by atoms with van der Waals surface area (Å²) in [7, 11) is 4.65. The van der Waals surface area contributed by atoms with Gasteiger partial charge in [0.2, 0.25) is 11.8 Å². The van der Waals surface area contributed by atoms with Crippen LogP contribution in [0.2, 0.25) is 0 Å². The van der Waals surface area contributed by atoms with E-state index in [0.29, 0.717) is 56.0 Å². The molecule has 4 unspecified atom stereocenters. The summed E-state index contributed by atoms with van der Waals surface area (Å²) in [6.45, 7) is 24.2. The largest absolute Gasteiger partial charge is 0.507 e. The lowest BCUT2D eigenvalue weighted by molar-refractivity contribution is -0.145. The van der Waals surface area contributed by atoms with E-state index in [9.17, 15) is 39.0 Å². The van der Waals surface area contributed by atoms with Crippen molar-refractivity contribution >= 4 is 57.2 Å². The molecule has 0 aromatic heterocycles. The number of nitrogens with one attached hydrogen (secondary N) is 4. The Balaban J connectivity index is 1.38. The van der Waals surface area contributed by atoms with Crippen LogP contribution in [0.1, 0.15) is 161 Å². The van der Waals surface area contributed by atoms with Gasteiger partial charge in [-0.3, -0.25) is 19.2 Å². The number of aromatic hydroxyl groups is 2. The van der Waals surface area contributed by atoms with Crippen molar-refractivity contribution < 1.29 is 57.9 Å². The molecule has 0 radical (unpaired) electrons. The highest BCUT2D eigenvalue weighted by Gasteiger charge is 2.34. The molecule has 4 amide bonds. The van der Waals surface area contributed by atoms with Crippen LogP contribution < -0.4 is 30.7 Å². The van der Waals surface area contributed by atoms with Crippen molar-refractivity contribution in [3.63, 3.8) is 0 Å². The average molecular weight is 1290 g/mol. The number of phenols is 2. The van der Waals surface area contributed by atoms with E-state index in [0.717, 1.165) is 55.0 Å². The van der Waals surface area contributed by atoms with Crippen LogP contribution in [-0.2, 0) is 98.4 Å². The maximum absolute atomic E-state index is 14.7. The third-order valence-electron chi connectivity index (χ3n) is 16.7. The quantitative estimate of drug-likeness (QED) is 0.0517. The predicted octanol–water partition coefficient (Wildman–Crippen LogP) is 10.9. The highest BCUT2D eigenvalue weighted by molar-refractivity contribution is 8.76. The monoisotopic (exact) mass is 1290 g/mol. The molecule has 16 nitrogen and oxygen atoms in total. The number of ether oxygens (including phenoxy) is 4. The van der Waals surface area contributed by atoms with E-state index in [-0.39, 0.29) is 61.5 Å². The molecule has 3 aliphatic rings. The number of hydrogen-bond acceptors (Lipinski definition) is 14. The highest BCUT2D eigenvalue weighted by atomic mass is 33.1. The number of amides is 4. The Morgan fingerprint density at radius 1 is 0.446 bits per heavy atom. The highest BCUT2D eigenvalue weighted by Crippen LogP contribution is 2.44. The normalized spacial score (nSPS) is 18.5. The van der Waals surface area contributed by atoms with Crippen LogP contribution in [0.15, 0.2) is 109 Å². The van der Waals surface area contributed by atoms with E-state index < -0.39 is 94.6 Å². The molecular weight excluding hydrogens is 1200 g/mol. The molecule has 0 spiro atoms. The van der Waals surface area contributed by atoms with Crippen LogP contribution in [0.5, 0.6) is 23.0 Å². The number of rotatable bonds is 6. The molecule has 2 aliphatic heterocycles. The number of benzene rings is 6. The summed E-state index contributed by atoms with van der Waals surface area (Å²) in [5.41, 5.74) is 8.47. The summed E-state index contributed by atoms with van der Waals surface area (Å²) in [6.07, 6.45) is 0.598. The summed E-state index contributed by atoms with van der Waals surface area (Å²) < 4.78 is 24.0. The Labute approximate surface area is 549 Å². The van der Waals surface area contributed by atoms with Gasteiger partial charge in [-0.15, -0.1) is 0 Å². The van der Waals surface area contributed by atoms with Crippen LogP contribution in [0.4, 0.5) is 0 Å². The number of esters is 2. The van der Waals surface area contributed by atoms with Gasteiger partial charge in [-0.1, -0.05) is 214 Å². The molecule has 1 aliphatic carbocycles. The summed E-state index contributed by atoms with van der Waals surface area (Å²) in [5, 5.41) is 37.4. The van der Waals surface area contributed by atoms with Gasteiger partial charge in [-0.05, 0) is 99.5 Å². The first-order valence-corrected chi connectivity index (χ1v) is 33.7. The van der Waals surface area contributed by atoms with Gasteiger partial charge in [-0.25, -0.2) is 9.59 Å². The van der Waals surface area contributed by atoms with Crippen molar-refractivity contribution in [1.82, 2.24) is 21.3 Å². The molecule has 18 heteroatoms. The van der Waals surface area contributed by atoms with Gasteiger partial charge in [0.1, 0.15) is 47.2 Å². The van der Waals surface area contributed by atoms with Gasteiger partial charge in [0, 0.05) is 50.0 Å². The Kier molecular flexibility index (Phi) is 22.3. The molecule has 6 N–H and O–H groups in total. The molecular formula is C74H90N4O12S2. The van der Waals surface area contributed by atoms with Crippen molar-refractivity contribution in [3.8, 4) is 23.0 Å². The SMILES string of the molecule is COC(=O)C1CSSCC(C(=O)OC)NC(=O)C(Cc2ccccc2)NC(=O)COc2c3cc(C(C)(C)C)cc2Cc2cc(C(C)(C)C)cc(c2O)Cc2cc(C(C)(C)C)cc(c2OCC(=O)NC(Cc2ccccc2)C(=O)N1)Cc1cc(C(C)(C)C)cc(c1O)C3. The lowest BCUT2D eigenvalue weighted by atomic mass is 9.79. The molecule has 6 aromatic rings. The van der Waals surface area contributed by atoms with Crippen LogP contribution >= 0.6 is 21.6 Å². The fourth-order valence-electron chi connectivity index (χ4n) is 11.3. The lowest BCUT2D eigenvalue weighted by Crippen LogP contribution is -2.54. The number of fused-ring (bicyclic) bond motifs is 19. The molecule has 2 heterocycles. The second-order valence-electron chi connectivity index (χ2n) is 28.2. The number of carbonyl (C=O) groups is 6. The molecule has 9 rings (SSSR count). The van der Waals surface area contributed by atoms with Gasteiger partial charge >= 0.3 is 11.9 Å². The lowest BCUT2D eigenvalue weighted by Gasteiger charge is -2.28. The molecule has 0 fully saturated rings. The Morgan fingerprint density at radius 2 is 0.717 bits per heavy atom. The molecule has 0 saturated carbocycles. The van der Waals surface area contributed by atoms with Crippen molar-refractivity contribution in [2.75, 3.05) is 38.9 Å². The number of hydrogen-bond donors (Lipinski definition) is 6. The number of carbonyl (C=O) groups excluding carboxylic acids is 6. The first kappa shape index (κ1) is 69.9. The summed E-state index contributed by atoms with van der Waals surface area (Å²) in [4.78, 5) is 85.7. The molecule has 92 heavy (non-hydrogen) atoms. The van der Waals surface area contributed by atoms with E-state index in [2.05, 4.69) is 129 Å². The minimum absolute atomic E-state index is 0.0291. The van der Waals surface area contributed by atoms with Crippen LogP contribution in [0.3, 0.4) is 0 Å². The molecule has 6 aromatic carbocycles. The number of phenolic OH excluding ortho intramolecular Hbond substituents is 2. The van der Waals surface area contributed by atoms with Crippen molar-refractivity contribution in [2.45, 2.75) is 167 Å². The van der Waals surface area contributed by atoms with Crippen molar-refractivity contribution in [1.29, 1.82) is 0 Å². The average Bonchev–Trinajstić information content (AvgIpc) is 0.771. The van der Waals surface area contributed by atoms with Gasteiger partial charge in [0.25, 0.3) is 11.8 Å². The van der Waals surface area contributed by atoms with E-state index in [4.69, 9.17) is 18.9 Å². The summed E-state index contributed by atoms with van der Waals surface area (Å²) >= 11 is 0. The van der Waals surface area contributed by atoms with Crippen LogP contribution in [-0.4, -0.2) is 109 Å². The van der Waals surface area contributed by atoms with E-state index in [1.165, 1.54) is 14.2 Å². The minimum atomic E-state index is -1.24.